The third-order valence-electron chi connectivity index (χ3n) is 2.85. The summed E-state index contributed by atoms with van der Waals surface area (Å²) in [5.74, 6) is 0. The van der Waals surface area contributed by atoms with Crippen molar-refractivity contribution in [3.05, 3.63) is 33.8 Å². The molecular formula is C14H18BrF3O. The fourth-order valence-corrected chi connectivity index (χ4v) is 2.18. The number of halogens is 4. The highest BCUT2D eigenvalue weighted by Gasteiger charge is 2.33. The Labute approximate surface area is 120 Å². The normalized spacial score (nSPS) is 14.5. The van der Waals surface area contributed by atoms with Crippen LogP contribution in [0.4, 0.5) is 13.2 Å². The van der Waals surface area contributed by atoms with E-state index in [1.165, 1.54) is 12.1 Å². The predicted molar refractivity (Wildman–Crippen MR) is 72.8 cm³/mol. The van der Waals surface area contributed by atoms with Crippen LogP contribution in [0.2, 0.25) is 0 Å². The first-order valence-corrected chi connectivity index (χ1v) is 6.85. The first-order valence-electron chi connectivity index (χ1n) is 6.05. The highest BCUT2D eigenvalue weighted by Crippen LogP contribution is 2.37. The summed E-state index contributed by atoms with van der Waals surface area (Å²) in [5.41, 5.74) is -0.400. The van der Waals surface area contributed by atoms with Crippen LogP contribution in [0.15, 0.2) is 22.7 Å². The van der Waals surface area contributed by atoms with Crippen molar-refractivity contribution >= 4 is 15.9 Å². The Kier molecular flexibility index (Phi) is 5.07. The molecule has 0 heterocycles. The third kappa shape index (κ3) is 5.15. The van der Waals surface area contributed by atoms with Crippen molar-refractivity contribution in [1.82, 2.24) is 0 Å². The molecule has 0 fully saturated rings. The monoisotopic (exact) mass is 338 g/mol. The molecule has 0 aliphatic rings. The fraction of sp³-hybridized carbons (Fsp3) is 0.571. The minimum atomic E-state index is -4.42. The summed E-state index contributed by atoms with van der Waals surface area (Å²) >= 11 is 2.88. The highest BCUT2D eigenvalue weighted by molar-refractivity contribution is 9.10. The molecule has 5 heteroatoms. The van der Waals surface area contributed by atoms with Crippen LogP contribution in [0, 0.1) is 5.41 Å². The van der Waals surface area contributed by atoms with Gasteiger partial charge >= 0.3 is 6.18 Å². The van der Waals surface area contributed by atoms with Crippen LogP contribution in [-0.2, 0) is 6.18 Å². The van der Waals surface area contributed by atoms with Gasteiger partial charge in [-0.15, -0.1) is 0 Å². The Morgan fingerprint density at radius 3 is 2.26 bits per heavy atom. The number of alkyl halides is 3. The molecule has 0 aliphatic heterocycles. The maximum atomic E-state index is 12.8. The first-order chi connectivity index (χ1) is 8.50. The summed E-state index contributed by atoms with van der Waals surface area (Å²) in [6.07, 6.45) is -4.10. The number of aliphatic hydroxyl groups excluding tert-OH is 1. The van der Waals surface area contributed by atoms with Crippen LogP contribution in [0.3, 0.4) is 0 Å². The predicted octanol–water partition coefficient (Wildman–Crippen LogP) is 5.33. The summed E-state index contributed by atoms with van der Waals surface area (Å²) in [6.45, 7) is 6.09. The zero-order valence-electron chi connectivity index (χ0n) is 11.2. The molecular weight excluding hydrogens is 321 g/mol. The number of rotatable bonds is 3. The SMILES string of the molecule is CC(C)(C)CCC(O)c1ccc(Br)c(C(F)(F)F)c1. The Morgan fingerprint density at radius 1 is 1.21 bits per heavy atom. The lowest BCUT2D eigenvalue weighted by atomic mass is 9.88. The summed E-state index contributed by atoms with van der Waals surface area (Å²) in [4.78, 5) is 0. The maximum absolute atomic E-state index is 12.8. The van der Waals surface area contributed by atoms with Gasteiger partial charge in [-0.2, -0.15) is 13.2 Å². The van der Waals surface area contributed by atoms with Crippen molar-refractivity contribution in [2.24, 2.45) is 5.41 Å². The van der Waals surface area contributed by atoms with Gasteiger partial charge in [0.2, 0.25) is 0 Å². The van der Waals surface area contributed by atoms with Crippen molar-refractivity contribution < 1.29 is 18.3 Å². The van der Waals surface area contributed by atoms with Gasteiger partial charge < -0.3 is 5.11 Å². The minimum absolute atomic E-state index is 0.00762. The smallest absolute Gasteiger partial charge is 0.388 e. The summed E-state index contributed by atoms with van der Waals surface area (Å²) in [6, 6.07) is 3.86. The summed E-state index contributed by atoms with van der Waals surface area (Å²) < 4.78 is 38.3. The van der Waals surface area contributed by atoms with Crippen molar-refractivity contribution in [1.29, 1.82) is 0 Å². The second kappa shape index (κ2) is 5.83. The van der Waals surface area contributed by atoms with E-state index in [0.717, 1.165) is 12.5 Å². The van der Waals surface area contributed by atoms with E-state index >= 15 is 0 Å². The summed E-state index contributed by atoms with van der Waals surface area (Å²) in [5, 5.41) is 9.98. The van der Waals surface area contributed by atoms with E-state index in [1.807, 2.05) is 20.8 Å². The van der Waals surface area contributed by atoms with Gasteiger partial charge in [0.15, 0.2) is 0 Å². The lowest BCUT2D eigenvalue weighted by Gasteiger charge is -2.21. The number of hydrogen-bond acceptors (Lipinski definition) is 1. The molecule has 0 saturated carbocycles. The van der Waals surface area contributed by atoms with Crippen LogP contribution in [0.25, 0.3) is 0 Å². The van der Waals surface area contributed by atoms with Gasteiger partial charge in [-0.05, 0) is 36.0 Å². The van der Waals surface area contributed by atoms with Crippen molar-refractivity contribution in [3.8, 4) is 0 Å². The Bertz CT molecular complexity index is 435. The molecule has 1 nitrogen and oxygen atoms in total. The Balaban J connectivity index is 2.90. The zero-order chi connectivity index (χ0) is 14.8. The van der Waals surface area contributed by atoms with E-state index in [4.69, 9.17) is 0 Å². The molecule has 1 aromatic rings. The lowest BCUT2D eigenvalue weighted by Crippen LogP contribution is -2.10. The second-order valence-corrected chi connectivity index (χ2v) is 6.71. The molecule has 0 aliphatic carbocycles. The number of benzene rings is 1. The van der Waals surface area contributed by atoms with Crippen LogP contribution in [0.1, 0.15) is 50.8 Å². The van der Waals surface area contributed by atoms with Gasteiger partial charge in [-0.3, -0.25) is 0 Å². The molecule has 1 rings (SSSR count). The van der Waals surface area contributed by atoms with Crippen LogP contribution >= 0.6 is 15.9 Å². The Hall–Kier alpha value is -0.550. The molecule has 0 saturated heterocycles. The van der Waals surface area contributed by atoms with E-state index in [0.29, 0.717) is 12.0 Å². The van der Waals surface area contributed by atoms with E-state index < -0.39 is 17.8 Å². The molecule has 1 unspecified atom stereocenters. The molecule has 0 aromatic heterocycles. The fourth-order valence-electron chi connectivity index (χ4n) is 1.70. The van der Waals surface area contributed by atoms with Gasteiger partial charge in [0, 0.05) is 4.47 Å². The van der Waals surface area contributed by atoms with Crippen molar-refractivity contribution in [3.63, 3.8) is 0 Å². The molecule has 0 spiro atoms. The van der Waals surface area contributed by atoms with Crippen LogP contribution in [0.5, 0.6) is 0 Å². The van der Waals surface area contributed by atoms with Crippen LogP contribution < -0.4 is 0 Å². The largest absolute Gasteiger partial charge is 0.417 e. The van der Waals surface area contributed by atoms with E-state index in [9.17, 15) is 18.3 Å². The molecule has 0 amide bonds. The molecule has 1 atom stereocenters. The van der Waals surface area contributed by atoms with Crippen molar-refractivity contribution in [2.75, 3.05) is 0 Å². The molecule has 19 heavy (non-hydrogen) atoms. The quantitative estimate of drug-likeness (QED) is 0.789. The first kappa shape index (κ1) is 16.5. The van der Waals surface area contributed by atoms with Gasteiger partial charge in [-0.25, -0.2) is 0 Å². The van der Waals surface area contributed by atoms with E-state index in [-0.39, 0.29) is 9.89 Å². The van der Waals surface area contributed by atoms with E-state index in [2.05, 4.69) is 15.9 Å². The molecule has 108 valence electrons. The average Bonchev–Trinajstić information content (AvgIpc) is 2.24. The molecule has 1 aromatic carbocycles. The third-order valence-corrected chi connectivity index (χ3v) is 3.54. The molecule has 0 radical (unpaired) electrons. The number of hydrogen-bond donors (Lipinski definition) is 1. The zero-order valence-corrected chi connectivity index (χ0v) is 12.8. The lowest BCUT2D eigenvalue weighted by molar-refractivity contribution is -0.138. The van der Waals surface area contributed by atoms with Gasteiger partial charge in [-0.1, -0.05) is 42.8 Å². The molecule has 0 bridgehead atoms. The van der Waals surface area contributed by atoms with Crippen LogP contribution in [-0.4, -0.2) is 5.11 Å². The topological polar surface area (TPSA) is 20.2 Å². The van der Waals surface area contributed by atoms with Crippen molar-refractivity contribution in [2.45, 2.75) is 45.9 Å². The minimum Gasteiger partial charge on any atom is -0.388 e. The highest BCUT2D eigenvalue weighted by atomic mass is 79.9. The standard InChI is InChI=1S/C14H18BrF3O/c1-13(2,3)7-6-12(19)9-4-5-11(15)10(8-9)14(16,17)18/h4-5,8,12,19H,6-7H2,1-3H3. The second-order valence-electron chi connectivity index (χ2n) is 5.85. The van der Waals surface area contributed by atoms with Gasteiger partial charge in [0.1, 0.15) is 0 Å². The summed E-state index contributed by atoms with van der Waals surface area (Å²) in [7, 11) is 0. The Morgan fingerprint density at radius 2 is 1.79 bits per heavy atom. The number of aliphatic hydroxyl groups is 1. The maximum Gasteiger partial charge on any atom is 0.417 e. The van der Waals surface area contributed by atoms with Gasteiger partial charge in [0.25, 0.3) is 0 Å². The average molecular weight is 339 g/mol. The van der Waals surface area contributed by atoms with E-state index in [1.54, 1.807) is 0 Å². The molecule has 1 N–H and O–H groups in total. The van der Waals surface area contributed by atoms with Gasteiger partial charge in [0.05, 0.1) is 11.7 Å².